The van der Waals surface area contributed by atoms with E-state index in [1.54, 1.807) is 19.1 Å². The molecule has 8 heteroatoms. The van der Waals surface area contributed by atoms with E-state index in [9.17, 15) is 18.8 Å². The SMILES string of the molecule is COc1ccc2cc(CN(C)C(=O)COC(=O)C3CCN(C(=O)c4ccc(F)cc4)CC3)ccc2c1. The summed E-state index contributed by atoms with van der Waals surface area (Å²) in [6.45, 7) is 0.867. The predicted octanol–water partition coefficient (Wildman–Crippen LogP) is 4.04. The maximum Gasteiger partial charge on any atom is 0.309 e. The van der Waals surface area contributed by atoms with Crippen LogP contribution in [0, 0.1) is 11.7 Å². The molecule has 0 aromatic heterocycles. The number of ether oxygens (including phenoxy) is 2. The number of amides is 2. The number of esters is 1. The molecule has 0 atom stereocenters. The van der Waals surface area contributed by atoms with Crippen molar-refractivity contribution >= 4 is 28.6 Å². The minimum absolute atomic E-state index is 0.188. The van der Waals surface area contributed by atoms with Crippen LogP contribution in [0.25, 0.3) is 10.8 Å². The number of likely N-dealkylation sites (N-methyl/N-ethyl adjacent to an activating group) is 1. The zero-order chi connectivity index (χ0) is 25.7. The van der Waals surface area contributed by atoms with Crippen molar-refractivity contribution in [3.63, 3.8) is 0 Å². The quantitative estimate of drug-likeness (QED) is 0.466. The standard InChI is InChI=1S/C28H29FN2O5/c1-30(17-19-3-4-23-16-25(35-2)10-7-22(23)15-19)26(32)18-36-28(34)21-11-13-31(14-12-21)27(33)20-5-8-24(29)9-6-20/h3-10,15-16,21H,11-14,17-18H2,1-2H3. The Bertz CT molecular complexity index is 1250. The number of methoxy groups -OCH3 is 1. The third-order valence-electron chi connectivity index (χ3n) is 6.50. The second kappa shape index (κ2) is 11.2. The van der Waals surface area contributed by atoms with Crippen molar-refractivity contribution in [3.8, 4) is 5.75 Å². The molecule has 0 bridgehead atoms. The third-order valence-corrected chi connectivity index (χ3v) is 6.50. The van der Waals surface area contributed by atoms with Crippen LogP contribution in [0.3, 0.4) is 0 Å². The van der Waals surface area contributed by atoms with E-state index in [1.165, 1.54) is 29.2 Å². The Kier molecular flexibility index (Phi) is 7.83. The minimum Gasteiger partial charge on any atom is -0.497 e. The summed E-state index contributed by atoms with van der Waals surface area (Å²) < 4.78 is 23.6. The Morgan fingerprint density at radius 1 is 0.972 bits per heavy atom. The van der Waals surface area contributed by atoms with Crippen LogP contribution in [-0.2, 0) is 20.9 Å². The number of piperidine rings is 1. The summed E-state index contributed by atoms with van der Waals surface area (Å²) in [5.74, 6) is -0.877. The molecule has 0 unspecified atom stereocenters. The maximum absolute atomic E-state index is 13.1. The van der Waals surface area contributed by atoms with Gasteiger partial charge in [0.2, 0.25) is 0 Å². The highest BCUT2D eigenvalue weighted by Gasteiger charge is 2.29. The zero-order valence-corrected chi connectivity index (χ0v) is 20.4. The molecule has 0 N–H and O–H groups in total. The fraction of sp³-hybridized carbons (Fsp3) is 0.321. The molecule has 1 heterocycles. The van der Waals surface area contributed by atoms with Crippen LogP contribution in [-0.4, -0.2) is 61.4 Å². The van der Waals surface area contributed by atoms with E-state index in [2.05, 4.69) is 0 Å². The molecule has 36 heavy (non-hydrogen) atoms. The van der Waals surface area contributed by atoms with Gasteiger partial charge in [0.1, 0.15) is 11.6 Å². The second-order valence-corrected chi connectivity index (χ2v) is 8.98. The van der Waals surface area contributed by atoms with Gasteiger partial charge < -0.3 is 19.3 Å². The van der Waals surface area contributed by atoms with E-state index in [0.717, 1.165) is 22.1 Å². The van der Waals surface area contributed by atoms with E-state index < -0.39 is 11.8 Å². The average Bonchev–Trinajstić information content (AvgIpc) is 2.91. The summed E-state index contributed by atoms with van der Waals surface area (Å²) in [4.78, 5) is 40.8. The van der Waals surface area contributed by atoms with Crippen molar-refractivity contribution in [2.75, 3.05) is 33.9 Å². The molecule has 2 amide bonds. The van der Waals surface area contributed by atoms with Gasteiger partial charge in [0.25, 0.3) is 11.8 Å². The van der Waals surface area contributed by atoms with E-state index in [-0.39, 0.29) is 24.3 Å². The van der Waals surface area contributed by atoms with Crippen molar-refractivity contribution in [3.05, 3.63) is 77.6 Å². The first kappa shape index (κ1) is 25.2. The van der Waals surface area contributed by atoms with Gasteiger partial charge in [-0.05, 0) is 71.6 Å². The van der Waals surface area contributed by atoms with Gasteiger partial charge in [-0.2, -0.15) is 0 Å². The van der Waals surface area contributed by atoms with Crippen LogP contribution in [0.1, 0.15) is 28.8 Å². The van der Waals surface area contributed by atoms with Crippen molar-refractivity contribution in [1.82, 2.24) is 9.80 Å². The average molecular weight is 493 g/mol. The van der Waals surface area contributed by atoms with Crippen LogP contribution >= 0.6 is 0 Å². The third kappa shape index (κ3) is 6.00. The van der Waals surface area contributed by atoms with Gasteiger partial charge in [-0.1, -0.05) is 18.2 Å². The molecule has 3 aromatic carbocycles. The predicted molar refractivity (Wildman–Crippen MR) is 133 cm³/mol. The van der Waals surface area contributed by atoms with E-state index in [0.29, 0.717) is 38.0 Å². The highest BCUT2D eigenvalue weighted by atomic mass is 19.1. The number of hydrogen-bond acceptors (Lipinski definition) is 5. The Balaban J connectivity index is 1.23. The summed E-state index contributed by atoms with van der Waals surface area (Å²) in [5, 5.41) is 2.09. The molecule has 188 valence electrons. The first-order chi connectivity index (χ1) is 17.3. The van der Waals surface area contributed by atoms with E-state index in [1.807, 2.05) is 36.4 Å². The first-order valence-corrected chi connectivity index (χ1v) is 11.9. The topological polar surface area (TPSA) is 76.2 Å². The van der Waals surface area contributed by atoms with E-state index >= 15 is 0 Å². The molecule has 0 radical (unpaired) electrons. The highest BCUT2D eigenvalue weighted by Crippen LogP contribution is 2.23. The normalized spacial score (nSPS) is 13.9. The molecular formula is C28H29FN2O5. The number of carbonyl (C=O) groups excluding carboxylic acids is 3. The van der Waals surface area contributed by atoms with Gasteiger partial charge in [0.15, 0.2) is 6.61 Å². The second-order valence-electron chi connectivity index (χ2n) is 8.98. The molecule has 4 rings (SSSR count). The molecule has 7 nitrogen and oxygen atoms in total. The number of benzene rings is 3. The Morgan fingerprint density at radius 3 is 2.33 bits per heavy atom. The molecule has 1 saturated heterocycles. The summed E-state index contributed by atoms with van der Waals surface area (Å²) in [6, 6.07) is 17.2. The van der Waals surface area contributed by atoms with Crippen LogP contribution in [0.15, 0.2) is 60.7 Å². The van der Waals surface area contributed by atoms with Gasteiger partial charge in [0, 0.05) is 32.2 Å². The molecule has 3 aromatic rings. The number of fused-ring (bicyclic) bond motifs is 1. The Hall–Kier alpha value is -3.94. The number of halogens is 1. The summed E-state index contributed by atoms with van der Waals surface area (Å²) in [5.41, 5.74) is 1.38. The minimum atomic E-state index is -0.426. The number of nitrogens with zero attached hydrogens (tertiary/aromatic N) is 2. The number of likely N-dealkylation sites (tertiary alicyclic amines) is 1. The van der Waals surface area contributed by atoms with Crippen LogP contribution < -0.4 is 4.74 Å². The molecule has 1 aliphatic rings. The van der Waals surface area contributed by atoms with Gasteiger partial charge in [-0.15, -0.1) is 0 Å². The van der Waals surface area contributed by atoms with Crippen LogP contribution in [0.5, 0.6) is 5.75 Å². The van der Waals surface area contributed by atoms with Gasteiger partial charge in [-0.25, -0.2) is 4.39 Å². The van der Waals surface area contributed by atoms with Crippen molar-refractivity contribution in [2.45, 2.75) is 19.4 Å². The monoisotopic (exact) mass is 492 g/mol. The summed E-state index contributed by atoms with van der Waals surface area (Å²) in [6.07, 6.45) is 0.912. The molecule has 0 saturated carbocycles. The fourth-order valence-electron chi connectivity index (χ4n) is 4.31. The zero-order valence-electron chi connectivity index (χ0n) is 20.4. The lowest BCUT2D eigenvalue weighted by Crippen LogP contribution is -2.41. The highest BCUT2D eigenvalue weighted by molar-refractivity contribution is 5.94. The molecular weight excluding hydrogens is 463 g/mol. The smallest absolute Gasteiger partial charge is 0.309 e. The number of carbonyl (C=O) groups is 3. The maximum atomic E-state index is 13.1. The van der Waals surface area contributed by atoms with Crippen LogP contribution in [0.2, 0.25) is 0 Å². The van der Waals surface area contributed by atoms with Gasteiger partial charge in [-0.3, -0.25) is 14.4 Å². The Labute approximate surface area is 209 Å². The Morgan fingerprint density at radius 2 is 1.64 bits per heavy atom. The van der Waals surface area contributed by atoms with Gasteiger partial charge >= 0.3 is 5.97 Å². The molecule has 1 aliphatic heterocycles. The fourth-order valence-corrected chi connectivity index (χ4v) is 4.31. The first-order valence-electron chi connectivity index (χ1n) is 11.9. The lowest BCUT2D eigenvalue weighted by Gasteiger charge is -2.31. The summed E-state index contributed by atoms with van der Waals surface area (Å²) in [7, 11) is 3.30. The van der Waals surface area contributed by atoms with Crippen LogP contribution in [0.4, 0.5) is 4.39 Å². The largest absolute Gasteiger partial charge is 0.497 e. The van der Waals surface area contributed by atoms with Gasteiger partial charge in [0.05, 0.1) is 13.0 Å². The number of rotatable bonds is 7. The van der Waals surface area contributed by atoms with Crippen molar-refractivity contribution in [2.24, 2.45) is 5.92 Å². The lowest BCUT2D eigenvalue weighted by molar-refractivity contribution is -0.156. The molecule has 1 fully saturated rings. The number of hydrogen-bond donors (Lipinski definition) is 0. The lowest BCUT2D eigenvalue weighted by atomic mass is 9.96. The van der Waals surface area contributed by atoms with Crippen molar-refractivity contribution in [1.29, 1.82) is 0 Å². The molecule has 0 spiro atoms. The van der Waals surface area contributed by atoms with Crippen molar-refractivity contribution < 1.29 is 28.2 Å². The molecule has 0 aliphatic carbocycles. The summed E-state index contributed by atoms with van der Waals surface area (Å²) >= 11 is 0. The van der Waals surface area contributed by atoms with E-state index in [4.69, 9.17) is 9.47 Å².